The van der Waals surface area contributed by atoms with Gasteiger partial charge in [0.1, 0.15) is 0 Å². The van der Waals surface area contributed by atoms with Gasteiger partial charge < -0.3 is 5.11 Å². The third kappa shape index (κ3) is 15.3. The first kappa shape index (κ1) is 19.2. The van der Waals surface area contributed by atoms with E-state index in [4.69, 9.17) is 5.11 Å². The molecule has 0 radical (unpaired) electrons. The molecule has 2 heteroatoms. The van der Waals surface area contributed by atoms with E-state index in [9.17, 15) is 4.79 Å². The van der Waals surface area contributed by atoms with Crippen molar-refractivity contribution >= 4 is 5.97 Å². The van der Waals surface area contributed by atoms with E-state index in [1.54, 1.807) is 6.08 Å². The van der Waals surface area contributed by atoms with E-state index in [2.05, 4.69) is 13.8 Å². The molecule has 0 aliphatic heterocycles. The third-order valence-electron chi connectivity index (χ3n) is 4.03. The van der Waals surface area contributed by atoms with E-state index in [-0.39, 0.29) is 0 Å². The van der Waals surface area contributed by atoms with Gasteiger partial charge in [-0.05, 0) is 18.8 Å². The van der Waals surface area contributed by atoms with E-state index < -0.39 is 5.97 Å². The first-order valence-corrected chi connectivity index (χ1v) is 8.56. The highest BCUT2D eigenvalue weighted by Gasteiger charge is 1.98. The summed E-state index contributed by atoms with van der Waals surface area (Å²) in [5.74, 6) is 0.0727. The van der Waals surface area contributed by atoms with Crippen LogP contribution in [0.1, 0.15) is 90.9 Å². The fourth-order valence-electron chi connectivity index (χ4n) is 2.38. The second kappa shape index (κ2) is 14.6. The molecule has 20 heavy (non-hydrogen) atoms. The molecule has 2 nitrogen and oxygen atoms in total. The van der Waals surface area contributed by atoms with Crippen molar-refractivity contribution in [2.24, 2.45) is 5.92 Å². The van der Waals surface area contributed by atoms with Crippen LogP contribution in [0.25, 0.3) is 0 Å². The number of unbranched alkanes of at least 4 members (excludes halogenated alkanes) is 9. The summed E-state index contributed by atoms with van der Waals surface area (Å²) in [4.78, 5) is 10.2. The average molecular weight is 282 g/mol. The monoisotopic (exact) mass is 282 g/mol. The van der Waals surface area contributed by atoms with Crippen molar-refractivity contribution in [1.29, 1.82) is 0 Å². The molecule has 0 spiro atoms. The molecule has 0 aromatic carbocycles. The molecule has 0 bridgehead atoms. The summed E-state index contributed by atoms with van der Waals surface area (Å²) in [5, 5.41) is 8.43. The van der Waals surface area contributed by atoms with Crippen LogP contribution in [-0.2, 0) is 4.79 Å². The van der Waals surface area contributed by atoms with Crippen LogP contribution in [0.3, 0.4) is 0 Å². The summed E-state index contributed by atoms with van der Waals surface area (Å²) in [6.45, 7) is 4.63. The molecule has 0 aromatic rings. The Bertz CT molecular complexity index is 246. The highest BCUT2D eigenvalue weighted by molar-refractivity contribution is 5.79. The molecule has 0 fully saturated rings. The first-order valence-electron chi connectivity index (χ1n) is 8.56. The number of allylic oxidation sites excluding steroid dienone is 1. The molecule has 1 atom stereocenters. The second-order valence-corrected chi connectivity index (χ2v) is 6.01. The van der Waals surface area contributed by atoms with Gasteiger partial charge in [-0.3, -0.25) is 0 Å². The van der Waals surface area contributed by atoms with Crippen molar-refractivity contribution in [2.75, 3.05) is 0 Å². The molecule has 0 heterocycles. The molecular formula is C18H34O2. The van der Waals surface area contributed by atoms with Gasteiger partial charge in [0.25, 0.3) is 0 Å². The minimum absolute atomic E-state index is 0.835. The minimum Gasteiger partial charge on any atom is -0.478 e. The Labute approximate surface area is 125 Å². The normalized spacial score (nSPS) is 12.9. The molecular weight excluding hydrogens is 248 g/mol. The maximum atomic E-state index is 10.2. The van der Waals surface area contributed by atoms with Gasteiger partial charge in [-0.15, -0.1) is 0 Å². The van der Waals surface area contributed by atoms with Gasteiger partial charge in [0.2, 0.25) is 0 Å². The predicted molar refractivity (Wildman–Crippen MR) is 87.0 cm³/mol. The molecule has 0 rings (SSSR count). The fourth-order valence-corrected chi connectivity index (χ4v) is 2.38. The zero-order valence-electron chi connectivity index (χ0n) is 13.6. The fraction of sp³-hybridized carbons (Fsp3) is 0.833. The Hall–Kier alpha value is -0.790. The number of rotatable bonds is 14. The number of hydrogen-bond donors (Lipinski definition) is 1. The summed E-state index contributed by atoms with van der Waals surface area (Å²) in [5.41, 5.74) is 0. The number of hydrogen-bond acceptors (Lipinski definition) is 1. The highest BCUT2D eigenvalue weighted by atomic mass is 16.4. The van der Waals surface area contributed by atoms with Gasteiger partial charge in [0.15, 0.2) is 0 Å². The van der Waals surface area contributed by atoms with Crippen LogP contribution in [0, 0.1) is 5.92 Å². The van der Waals surface area contributed by atoms with E-state index in [1.165, 1.54) is 70.3 Å². The summed E-state index contributed by atoms with van der Waals surface area (Å²) in [7, 11) is 0. The van der Waals surface area contributed by atoms with Gasteiger partial charge in [0.05, 0.1) is 0 Å². The largest absolute Gasteiger partial charge is 0.478 e. The smallest absolute Gasteiger partial charge is 0.327 e. The summed E-state index contributed by atoms with van der Waals surface area (Å²) >= 11 is 0. The quantitative estimate of drug-likeness (QED) is 0.315. The lowest BCUT2D eigenvalue weighted by Crippen LogP contribution is -1.91. The molecule has 1 unspecified atom stereocenters. The Balaban J connectivity index is 3.08. The molecule has 0 aromatic heterocycles. The molecule has 1 N–H and O–H groups in total. The van der Waals surface area contributed by atoms with Crippen molar-refractivity contribution in [2.45, 2.75) is 90.9 Å². The number of carboxylic acids is 1. The number of aliphatic carboxylic acids is 1. The van der Waals surface area contributed by atoms with Crippen molar-refractivity contribution in [3.8, 4) is 0 Å². The summed E-state index contributed by atoms with van der Waals surface area (Å²) in [6.07, 6.45) is 18.6. The molecule has 0 saturated heterocycles. The van der Waals surface area contributed by atoms with Gasteiger partial charge in [-0.2, -0.15) is 0 Å². The second-order valence-electron chi connectivity index (χ2n) is 6.01. The standard InChI is InChI=1S/C18H34O2/c1-3-17(2)15-13-11-9-7-5-4-6-8-10-12-14-16-18(19)20/h14,16-17H,3-13,15H2,1-2H3,(H,19,20). The van der Waals surface area contributed by atoms with Crippen molar-refractivity contribution in [1.82, 2.24) is 0 Å². The van der Waals surface area contributed by atoms with Crippen LogP contribution in [0.2, 0.25) is 0 Å². The molecule has 118 valence electrons. The zero-order valence-corrected chi connectivity index (χ0v) is 13.6. The van der Waals surface area contributed by atoms with Gasteiger partial charge in [-0.1, -0.05) is 84.1 Å². The third-order valence-corrected chi connectivity index (χ3v) is 4.03. The predicted octanol–water partition coefficient (Wildman–Crippen LogP) is 5.96. The zero-order chi connectivity index (χ0) is 15.1. The van der Waals surface area contributed by atoms with Crippen LogP contribution in [0.4, 0.5) is 0 Å². The summed E-state index contributed by atoms with van der Waals surface area (Å²) < 4.78 is 0. The van der Waals surface area contributed by atoms with E-state index in [0.717, 1.165) is 18.8 Å². The lowest BCUT2D eigenvalue weighted by atomic mass is 9.99. The lowest BCUT2D eigenvalue weighted by molar-refractivity contribution is -0.131. The average Bonchev–Trinajstić information content (AvgIpc) is 2.43. The van der Waals surface area contributed by atoms with Crippen molar-refractivity contribution < 1.29 is 9.90 Å². The van der Waals surface area contributed by atoms with Crippen LogP contribution >= 0.6 is 0 Å². The number of carbonyl (C=O) groups is 1. The minimum atomic E-state index is -0.835. The lowest BCUT2D eigenvalue weighted by Gasteiger charge is -2.07. The van der Waals surface area contributed by atoms with Crippen molar-refractivity contribution in [3.05, 3.63) is 12.2 Å². The molecule has 0 aliphatic carbocycles. The highest BCUT2D eigenvalue weighted by Crippen LogP contribution is 2.15. The van der Waals surface area contributed by atoms with Crippen LogP contribution in [0.15, 0.2) is 12.2 Å². The Morgan fingerprint density at radius 1 is 0.950 bits per heavy atom. The van der Waals surface area contributed by atoms with Crippen LogP contribution in [0.5, 0.6) is 0 Å². The SMILES string of the molecule is CCC(C)CCCCCCCCCCCC=CC(=O)O. The molecule has 0 aliphatic rings. The summed E-state index contributed by atoms with van der Waals surface area (Å²) in [6, 6.07) is 0. The Morgan fingerprint density at radius 2 is 1.45 bits per heavy atom. The first-order chi connectivity index (χ1) is 9.66. The van der Waals surface area contributed by atoms with Crippen LogP contribution < -0.4 is 0 Å². The van der Waals surface area contributed by atoms with E-state index >= 15 is 0 Å². The Kier molecular flexibility index (Phi) is 14.0. The molecule has 0 saturated carbocycles. The van der Waals surface area contributed by atoms with E-state index in [1.807, 2.05) is 0 Å². The maximum Gasteiger partial charge on any atom is 0.327 e. The molecule has 0 amide bonds. The topological polar surface area (TPSA) is 37.3 Å². The van der Waals surface area contributed by atoms with Crippen LogP contribution in [-0.4, -0.2) is 11.1 Å². The van der Waals surface area contributed by atoms with Gasteiger partial charge in [-0.25, -0.2) is 4.79 Å². The van der Waals surface area contributed by atoms with Crippen molar-refractivity contribution in [3.63, 3.8) is 0 Å². The van der Waals surface area contributed by atoms with E-state index in [0.29, 0.717) is 0 Å². The number of carboxylic acid groups (broad SMARTS) is 1. The Morgan fingerprint density at radius 3 is 1.95 bits per heavy atom. The van der Waals surface area contributed by atoms with Gasteiger partial charge >= 0.3 is 5.97 Å². The maximum absolute atomic E-state index is 10.2. The van der Waals surface area contributed by atoms with Gasteiger partial charge in [0, 0.05) is 6.08 Å².